The topological polar surface area (TPSA) is 89.5 Å². The van der Waals surface area contributed by atoms with Crippen LogP contribution < -0.4 is 4.74 Å². The minimum atomic E-state index is -0.936. The quantitative estimate of drug-likeness (QED) is 0.460. The summed E-state index contributed by atoms with van der Waals surface area (Å²) in [6, 6.07) is 18.5. The number of ketones is 1. The third-order valence-corrected chi connectivity index (χ3v) is 5.49. The lowest BCUT2D eigenvalue weighted by Crippen LogP contribution is -2.29. The van der Waals surface area contributed by atoms with Gasteiger partial charge in [0.25, 0.3) is 0 Å². The first-order valence-electron chi connectivity index (χ1n) is 10.4. The summed E-state index contributed by atoms with van der Waals surface area (Å²) >= 11 is 0. The molecule has 33 heavy (non-hydrogen) atoms. The molecule has 1 aliphatic rings. The summed E-state index contributed by atoms with van der Waals surface area (Å²) in [7, 11) is 0. The predicted octanol–water partition coefficient (Wildman–Crippen LogP) is 4.43. The average Bonchev–Trinajstić information content (AvgIpc) is 3.36. The number of fused-ring (bicyclic) bond motifs is 1. The summed E-state index contributed by atoms with van der Waals surface area (Å²) in [5.74, 6) is 1.13. The molecule has 7 heteroatoms. The van der Waals surface area contributed by atoms with Gasteiger partial charge in [-0.05, 0) is 55.8 Å². The minimum absolute atomic E-state index is 0.0685. The number of rotatable bonds is 5. The Bertz CT molecular complexity index is 1430. The number of pyridine rings is 2. The highest BCUT2D eigenvalue weighted by Crippen LogP contribution is 2.41. The van der Waals surface area contributed by atoms with Gasteiger partial charge in [0.05, 0.1) is 11.3 Å². The van der Waals surface area contributed by atoms with Crippen LogP contribution in [0.15, 0.2) is 73.2 Å². The number of Topliss-reactive ketones (excluding diaryl/α,β-unsaturated/α-hetero) is 1. The maximum atomic E-state index is 13.1. The fourth-order valence-corrected chi connectivity index (χ4v) is 3.82. The summed E-state index contributed by atoms with van der Waals surface area (Å²) in [5.41, 5.74) is 3.10. The van der Waals surface area contributed by atoms with E-state index in [-0.39, 0.29) is 12.4 Å². The van der Waals surface area contributed by atoms with Crippen LogP contribution in [0.4, 0.5) is 0 Å². The average molecular weight is 436 g/mol. The van der Waals surface area contributed by atoms with Gasteiger partial charge in [0.2, 0.25) is 5.78 Å². The standard InChI is InChI=1S/C26H20N4O3/c1-26(2)25(31)23(24(33-26)18-10-12-28-13-11-18)17-6-8-21(9-7-17)32-16-19-15-30-20(14-27)4-3-5-22(30)29-19/h3-13,15H,16H2,1-2H3. The van der Waals surface area contributed by atoms with Gasteiger partial charge in [-0.2, -0.15) is 5.26 Å². The number of aromatic nitrogens is 3. The van der Waals surface area contributed by atoms with Crippen LogP contribution in [0, 0.1) is 11.3 Å². The van der Waals surface area contributed by atoms with Gasteiger partial charge in [-0.3, -0.25) is 14.2 Å². The van der Waals surface area contributed by atoms with Gasteiger partial charge >= 0.3 is 0 Å². The van der Waals surface area contributed by atoms with Gasteiger partial charge in [0.15, 0.2) is 5.60 Å². The number of carbonyl (C=O) groups excluding carboxylic acids is 1. The molecule has 0 bridgehead atoms. The number of benzene rings is 1. The van der Waals surface area contributed by atoms with Gasteiger partial charge in [0.1, 0.15) is 35.5 Å². The van der Waals surface area contributed by atoms with Crippen molar-refractivity contribution in [2.45, 2.75) is 26.1 Å². The van der Waals surface area contributed by atoms with Crippen LogP contribution in [-0.2, 0) is 16.1 Å². The van der Waals surface area contributed by atoms with E-state index in [1.54, 1.807) is 49.0 Å². The van der Waals surface area contributed by atoms with Gasteiger partial charge in [-0.15, -0.1) is 0 Å². The molecule has 5 rings (SSSR count). The third-order valence-electron chi connectivity index (χ3n) is 5.49. The van der Waals surface area contributed by atoms with Gasteiger partial charge < -0.3 is 9.47 Å². The molecule has 1 aliphatic heterocycles. The van der Waals surface area contributed by atoms with Crippen molar-refractivity contribution in [1.29, 1.82) is 5.26 Å². The maximum Gasteiger partial charge on any atom is 0.210 e. The zero-order valence-electron chi connectivity index (χ0n) is 18.1. The molecule has 3 aromatic heterocycles. The van der Waals surface area contributed by atoms with Gasteiger partial charge in [-0.25, -0.2) is 4.98 Å². The molecule has 0 saturated carbocycles. The molecular formula is C26H20N4O3. The monoisotopic (exact) mass is 436 g/mol. The van der Waals surface area contributed by atoms with Crippen LogP contribution in [0.2, 0.25) is 0 Å². The zero-order chi connectivity index (χ0) is 23.0. The maximum absolute atomic E-state index is 13.1. The molecule has 0 radical (unpaired) electrons. The first-order valence-corrected chi connectivity index (χ1v) is 10.4. The first kappa shape index (κ1) is 20.5. The lowest BCUT2D eigenvalue weighted by Gasteiger charge is -2.17. The second-order valence-corrected chi connectivity index (χ2v) is 8.18. The summed E-state index contributed by atoms with van der Waals surface area (Å²) in [6.45, 7) is 3.80. The van der Waals surface area contributed by atoms with Crippen LogP contribution in [-0.4, -0.2) is 25.8 Å². The minimum Gasteiger partial charge on any atom is -0.487 e. The fraction of sp³-hybridized carbons (Fsp3) is 0.154. The van der Waals surface area contributed by atoms with E-state index in [2.05, 4.69) is 16.0 Å². The SMILES string of the molecule is CC1(C)OC(c2ccncc2)=C(c2ccc(OCc3cn4c(C#N)cccc4n3)cc2)C1=O. The van der Waals surface area contributed by atoms with Crippen molar-refractivity contribution in [3.05, 3.63) is 95.7 Å². The lowest BCUT2D eigenvalue weighted by atomic mass is 9.93. The van der Waals surface area contributed by atoms with Crippen LogP contribution in [0.25, 0.3) is 17.0 Å². The second kappa shape index (κ2) is 7.92. The highest BCUT2D eigenvalue weighted by molar-refractivity contribution is 6.32. The van der Waals surface area contributed by atoms with Crippen LogP contribution >= 0.6 is 0 Å². The third kappa shape index (κ3) is 3.72. The molecule has 0 atom stereocenters. The molecule has 7 nitrogen and oxygen atoms in total. The van der Waals surface area contributed by atoms with Crippen molar-refractivity contribution < 1.29 is 14.3 Å². The molecule has 0 aliphatic carbocycles. The number of ether oxygens (including phenoxy) is 2. The van der Waals surface area contributed by atoms with E-state index in [0.717, 1.165) is 11.1 Å². The highest BCUT2D eigenvalue weighted by atomic mass is 16.5. The number of hydrogen-bond donors (Lipinski definition) is 0. The molecule has 0 fully saturated rings. The smallest absolute Gasteiger partial charge is 0.210 e. The van der Waals surface area contributed by atoms with E-state index in [0.29, 0.717) is 34.1 Å². The van der Waals surface area contributed by atoms with Crippen LogP contribution in [0.3, 0.4) is 0 Å². The van der Waals surface area contributed by atoms with E-state index in [1.165, 1.54) is 0 Å². The molecule has 1 aromatic carbocycles. The highest BCUT2D eigenvalue weighted by Gasteiger charge is 2.42. The van der Waals surface area contributed by atoms with E-state index in [4.69, 9.17) is 9.47 Å². The van der Waals surface area contributed by atoms with E-state index in [9.17, 15) is 10.1 Å². The lowest BCUT2D eigenvalue weighted by molar-refractivity contribution is -0.125. The Balaban J connectivity index is 1.39. The molecule has 0 N–H and O–H groups in total. The van der Waals surface area contributed by atoms with Crippen molar-refractivity contribution in [2.75, 3.05) is 0 Å². The number of hydrogen-bond acceptors (Lipinski definition) is 6. The predicted molar refractivity (Wildman–Crippen MR) is 122 cm³/mol. The van der Waals surface area contributed by atoms with Crippen molar-refractivity contribution in [3.8, 4) is 11.8 Å². The molecule has 0 unspecified atom stereocenters. The fourth-order valence-electron chi connectivity index (χ4n) is 3.82. The van der Waals surface area contributed by atoms with Crippen LogP contribution in [0.1, 0.15) is 36.4 Å². The molecule has 4 aromatic rings. The van der Waals surface area contributed by atoms with E-state index >= 15 is 0 Å². The van der Waals surface area contributed by atoms with Crippen LogP contribution in [0.5, 0.6) is 5.75 Å². The number of nitriles is 1. The normalized spacial score (nSPS) is 14.9. The molecule has 162 valence electrons. The Morgan fingerprint density at radius 2 is 1.82 bits per heavy atom. The van der Waals surface area contributed by atoms with Crippen molar-refractivity contribution >= 4 is 22.8 Å². The Hall–Kier alpha value is -4.44. The number of carbonyl (C=O) groups is 1. The van der Waals surface area contributed by atoms with Crippen molar-refractivity contribution in [3.63, 3.8) is 0 Å². The Morgan fingerprint density at radius 3 is 2.55 bits per heavy atom. The summed E-state index contributed by atoms with van der Waals surface area (Å²) in [4.78, 5) is 21.6. The molecule has 4 heterocycles. The molecule has 0 spiro atoms. The van der Waals surface area contributed by atoms with E-state index in [1.807, 2.05) is 42.5 Å². The Morgan fingerprint density at radius 1 is 1.06 bits per heavy atom. The van der Waals surface area contributed by atoms with E-state index < -0.39 is 5.60 Å². The summed E-state index contributed by atoms with van der Waals surface area (Å²) < 4.78 is 13.7. The van der Waals surface area contributed by atoms with Gasteiger partial charge in [-0.1, -0.05) is 18.2 Å². The molecular weight excluding hydrogens is 416 g/mol. The Kier molecular flexibility index (Phi) is 4.91. The summed E-state index contributed by atoms with van der Waals surface area (Å²) in [5, 5.41) is 9.24. The number of nitrogens with zero attached hydrogens (tertiary/aromatic N) is 4. The zero-order valence-corrected chi connectivity index (χ0v) is 18.1. The molecule has 0 saturated heterocycles. The largest absolute Gasteiger partial charge is 0.487 e. The molecule has 0 amide bonds. The Labute approximate surface area is 190 Å². The summed E-state index contributed by atoms with van der Waals surface area (Å²) in [6.07, 6.45) is 5.15. The number of imidazole rings is 1. The van der Waals surface area contributed by atoms with Crippen molar-refractivity contribution in [2.24, 2.45) is 0 Å². The first-order chi connectivity index (χ1) is 16.0. The second-order valence-electron chi connectivity index (χ2n) is 8.18. The van der Waals surface area contributed by atoms with Gasteiger partial charge in [0, 0.05) is 24.2 Å². The van der Waals surface area contributed by atoms with Crippen molar-refractivity contribution in [1.82, 2.24) is 14.4 Å².